The second-order valence-electron chi connectivity index (χ2n) is 3.86. The smallest absolute Gasteiger partial charge is 0.166 e. The maximum atomic E-state index is 13.0. The molecule has 0 bridgehead atoms. The van der Waals surface area contributed by atoms with E-state index < -0.39 is 5.82 Å². The number of ether oxygens (including phenoxy) is 1. The van der Waals surface area contributed by atoms with Crippen LogP contribution in [0.15, 0.2) is 18.2 Å². The highest BCUT2D eigenvalue weighted by atomic mass is 19.1. The quantitative estimate of drug-likeness (QED) is 0.743. The van der Waals surface area contributed by atoms with Gasteiger partial charge in [-0.15, -0.1) is 0 Å². The molecule has 1 aliphatic heterocycles. The average Bonchev–Trinajstić information content (AvgIpc) is 2.35. The summed E-state index contributed by atoms with van der Waals surface area (Å²) in [5.41, 5.74) is 0.577. The van der Waals surface area contributed by atoms with E-state index in [0.717, 1.165) is 26.3 Å². The lowest BCUT2D eigenvalue weighted by molar-refractivity contribution is 0.0443. The number of nitrogens with zero attached hydrogens (tertiary/aromatic N) is 1. The predicted octanol–water partition coefficient (Wildman–Crippen LogP) is 1.22. The van der Waals surface area contributed by atoms with Crippen LogP contribution in [0.1, 0.15) is 5.56 Å². The first-order chi connectivity index (χ1) is 8.25. The number of phenols is 1. The second-order valence-corrected chi connectivity index (χ2v) is 3.86. The van der Waals surface area contributed by atoms with Crippen LogP contribution in [0.5, 0.6) is 5.75 Å². The van der Waals surface area contributed by atoms with E-state index in [0.29, 0.717) is 12.1 Å². The van der Waals surface area contributed by atoms with Gasteiger partial charge in [-0.3, -0.25) is 4.90 Å². The Morgan fingerprint density at radius 2 is 2.12 bits per heavy atom. The molecule has 0 unspecified atom stereocenters. The molecule has 1 aromatic carbocycles. The lowest BCUT2D eigenvalue weighted by Crippen LogP contribution is -2.36. The number of hydrogen-bond donors (Lipinski definition) is 1. The van der Waals surface area contributed by atoms with Gasteiger partial charge in [0.1, 0.15) is 0 Å². The van der Waals surface area contributed by atoms with E-state index >= 15 is 0 Å². The van der Waals surface area contributed by atoms with Crippen LogP contribution in [0, 0.1) is 17.7 Å². The molecule has 0 aromatic heterocycles. The van der Waals surface area contributed by atoms with Gasteiger partial charge in [-0.25, -0.2) is 4.39 Å². The number of phenolic OH excluding ortho intramolecular Hbond substituents is 1. The highest BCUT2D eigenvalue weighted by Crippen LogP contribution is 2.15. The van der Waals surface area contributed by atoms with E-state index in [9.17, 15) is 4.39 Å². The summed E-state index contributed by atoms with van der Waals surface area (Å²) in [7, 11) is 0. The average molecular weight is 235 g/mol. The standard InChI is InChI=1S/C13H14FNO2/c14-12-10-11(3-4-13(12)16)2-1-5-15-6-8-17-9-7-15/h3-4,10,16H,5-9H2. The fraction of sp³-hybridized carbons (Fsp3) is 0.385. The number of rotatable bonds is 1. The predicted molar refractivity (Wildman–Crippen MR) is 62.2 cm³/mol. The normalized spacial score (nSPS) is 16.3. The molecule has 0 aliphatic carbocycles. The van der Waals surface area contributed by atoms with Gasteiger partial charge in [0.15, 0.2) is 11.6 Å². The Labute approximate surface area is 99.8 Å². The van der Waals surface area contributed by atoms with E-state index in [1.165, 1.54) is 12.1 Å². The Balaban J connectivity index is 1.93. The summed E-state index contributed by atoms with van der Waals surface area (Å²) in [5.74, 6) is 4.89. The SMILES string of the molecule is Oc1ccc(C#CCN2CCOCC2)cc1F. The van der Waals surface area contributed by atoms with Crippen LogP contribution < -0.4 is 0 Å². The van der Waals surface area contributed by atoms with Gasteiger partial charge in [0.25, 0.3) is 0 Å². The molecule has 0 spiro atoms. The Morgan fingerprint density at radius 3 is 2.82 bits per heavy atom. The number of hydrogen-bond acceptors (Lipinski definition) is 3. The molecule has 1 fully saturated rings. The minimum absolute atomic E-state index is 0.344. The van der Waals surface area contributed by atoms with Gasteiger partial charge in [0.05, 0.1) is 19.8 Å². The van der Waals surface area contributed by atoms with Crippen molar-refractivity contribution in [3.05, 3.63) is 29.6 Å². The molecule has 0 saturated carbocycles. The van der Waals surface area contributed by atoms with E-state index in [4.69, 9.17) is 9.84 Å². The highest BCUT2D eigenvalue weighted by Gasteiger charge is 2.07. The van der Waals surface area contributed by atoms with Crippen LogP contribution in [0.3, 0.4) is 0 Å². The zero-order chi connectivity index (χ0) is 12.1. The molecule has 1 aliphatic rings. The van der Waals surface area contributed by atoms with Gasteiger partial charge in [-0.1, -0.05) is 11.8 Å². The summed E-state index contributed by atoms with van der Waals surface area (Å²) in [6.45, 7) is 3.92. The molecule has 3 nitrogen and oxygen atoms in total. The van der Waals surface area contributed by atoms with Gasteiger partial charge >= 0.3 is 0 Å². The summed E-state index contributed by atoms with van der Waals surface area (Å²) in [4.78, 5) is 2.19. The lowest BCUT2D eigenvalue weighted by Gasteiger charge is -2.24. The molecule has 0 radical (unpaired) electrons. The molecule has 0 atom stereocenters. The monoisotopic (exact) mass is 235 g/mol. The molecular weight excluding hydrogens is 221 g/mol. The van der Waals surface area contributed by atoms with Crippen molar-refractivity contribution < 1.29 is 14.2 Å². The fourth-order valence-electron chi connectivity index (χ4n) is 1.60. The van der Waals surface area contributed by atoms with E-state index in [-0.39, 0.29) is 5.75 Å². The van der Waals surface area contributed by atoms with Crippen LogP contribution in [-0.2, 0) is 4.74 Å². The Morgan fingerprint density at radius 1 is 1.35 bits per heavy atom. The van der Waals surface area contributed by atoms with Crippen molar-refractivity contribution in [1.82, 2.24) is 4.90 Å². The molecular formula is C13H14FNO2. The number of halogens is 1. The Kier molecular flexibility index (Phi) is 3.97. The molecule has 1 aromatic rings. The van der Waals surface area contributed by atoms with Crippen LogP contribution in [0.25, 0.3) is 0 Å². The third-order valence-electron chi connectivity index (χ3n) is 2.59. The van der Waals surface area contributed by atoms with Crippen molar-refractivity contribution >= 4 is 0 Å². The maximum Gasteiger partial charge on any atom is 0.166 e. The molecule has 2 rings (SSSR count). The molecule has 17 heavy (non-hydrogen) atoms. The van der Waals surface area contributed by atoms with Crippen molar-refractivity contribution in [1.29, 1.82) is 0 Å². The van der Waals surface area contributed by atoms with E-state index in [2.05, 4.69) is 16.7 Å². The Bertz CT molecular complexity index is 444. The third kappa shape index (κ3) is 3.45. The van der Waals surface area contributed by atoms with Crippen LogP contribution in [-0.4, -0.2) is 42.9 Å². The first-order valence-electron chi connectivity index (χ1n) is 5.53. The summed E-state index contributed by atoms with van der Waals surface area (Å²) in [6.07, 6.45) is 0. The number of aromatic hydroxyl groups is 1. The first-order valence-corrected chi connectivity index (χ1v) is 5.53. The minimum Gasteiger partial charge on any atom is -0.505 e. The number of morpholine rings is 1. The maximum absolute atomic E-state index is 13.0. The van der Waals surface area contributed by atoms with Gasteiger partial charge < -0.3 is 9.84 Å². The summed E-state index contributed by atoms with van der Waals surface area (Å²) in [5, 5.41) is 9.03. The molecule has 90 valence electrons. The highest BCUT2D eigenvalue weighted by molar-refractivity contribution is 5.38. The molecule has 1 saturated heterocycles. The van der Waals surface area contributed by atoms with Gasteiger partial charge in [0.2, 0.25) is 0 Å². The first kappa shape index (κ1) is 11.9. The Hall–Kier alpha value is -1.57. The summed E-state index contributed by atoms with van der Waals surface area (Å²) in [6, 6.07) is 4.15. The fourth-order valence-corrected chi connectivity index (χ4v) is 1.60. The lowest BCUT2D eigenvalue weighted by atomic mass is 10.2. The van der Waals surface area contributed by atoms with Gasteiger partial charge in [-0.05, 0) is 18.2 Å². The third-order valence-corrected chi connectivity index (χ3v) is 2.59. The van der Waals surface area contributed by atoms with Crippen molar-refractivity contribution in [2.45, 2.75) is 0 Å². The zero-order valence-electron chi connectivity index (χ0n) is 9.45. The number of benzene rings is 1. The summed E-state index contributed by atoms with van der Waals surface area (Å²) < 4.78 is 18.2. The summed E-state index contributed by atoms with van der Waals surface area (Å²) >= 11 is 0. The molecule has 0 amide bonds. The minimum atomic E-state index is -0.636. The van der Waals surface area contributed by atoms with Gasteiger partial charge in [0, 0.05) is 18.7 Å². The second kappa shape index (κ2) is 5.67. The molecule has 1 N–H and O–H groups in total. The van der Waals surface area contributed by atoms with Crippen LogP contribution in [0.4, 0.5) is 4.39 Å². The van der Waals surface area contributed by atoms with E-state index in [1.807, 2.05) is 0 Å². The van der Waals surface area contributed by atoms with Gasteiger partial charge in [-0.2, -0.15) is 0 Å². The van der Waals surface area contributed by atoms with Crippen LogP contribution >= 0.6 is 0 Å². The molecule has 1 heterocycles. The largest absolute Gasteiger partial charge is 0.505 e. The van der Waals surface area contributed by atoms with Crippen molar-refractivity contribution in [2.24, 2.45) is 0 Å². The zero-order valence-corrected chi connectivity index (χ0v) is 9.45. The van der Waals surface area contributed by atoms with Crippen LogP contribution in [0.2, 0.25) is 0 Å². The van der Waals surface area contributed by atoms with Crippen molar-refractivity contribution in [3.8, 4) is 17.6 Å². The van der Waals surface area contributed by atoms with E-state index in [1.54, 1.807) is 6.07 Å². The van der Waals surface area contributed by atoms with Crippen molar-refractivity contribution in [2.75, 3.05) is 32.8 Å². The topological polar surface area (TPSA) is 32.7 Å². The van der Waals surface area contributed by atoms with Crippen molar-refractivity contribution in [3.63, 3.8) is 0 Å². The molecule has 4 heteroatoms.